The van der Waals surface area contributed by atoms with Gasteiger partial charge in [0, 0.05) is 67.7 Å². The van der Waals surface area contributed by atoms with Crippen LogP contribution in [0.2, 0.25) is 0 Å². The van der Waals surface area contributed by atoms with Gasteiger partial charge in [0.15, 0.2) is 0 Å². The van der Waals surface area contributed by atoms with Crippen molar-refractivity contribution >= 4 is 54.7 Å². The Balaban J connectivity index is 0.000000171. The van der Waals surface area contributed by atoms with Crippen LogP contribution in [0.5, 0.6) is 0 Å². The van der Waals surface area contributed by atoms with Crippen LogP contribution in [-0.4, -0.2) is 43.0 Å². The Hall–Kier alpha value is -4.44. The Morgan fingerprint density at radius 3 is 1.79 bits per heavy atom. The summed E-state index contributed by atoms with van der Waals surface area (Å²) in [5, 5.41) is 4.00. The van der Waals surface area contributed by atoms with Gasteiger partial charge in [0.05, 0.1) is 21.9 Å². The van der Waals surface area contributed by atoms with Crippen LogP contribution >= 0.6 is 22.7 Å². The number of halogens is 6. The van der Waals surface area contributed by atoms with E-state index in [1.165, 1.54) is 23.3 Å². The summed E-state index contributed by atoms with van der Waals surface area (Å²) < 4.78 is 77.8. The molecule has 274 valence electrons. The average molecular weight is 759 g/mol. The van der Waals surface area contributed by atoms with Gasteiger partial charge in [0.25, 0.3) is 0 Å². The summed E-state index contributed by atoms with van der Waals surface area (Å²) in [5.41, 5.74) is 3.48. The van der Waals surface area contributed by atoms with Gasteiger partial charge in [-0.25, -0.2) is 19.9 Å². The van der Waals surface area contributed by atoms with Gasteiger partial charge in [-0.15, -0.1) is 22.7 Å². The first-order chi connectivity index (χ1) is 24.7. The number of alkyl halides is 6. The predicted molar refractivity (Wildman–Crippen MR) is 193 cm³/mol. The lowest BCUT2D eigenvalue weighted by atomic mass is 10.0. The maximum Gasteiger partial charge on any atom is 0.417 e. The van der Waals surface area contributed by atoms with E-state index in [-0.39, 0.29) is 0 Å². The number of anilines is 2. The van der Waals surface area contributed by atoms with Crippen molar-refractivity contribution in [3.63, 3.8) is 0 Å². The van der Waals surface area contributed by atoms with Gasteiger partial charge in [-0.2, -0.15) is 26.3 Å². The SMILES string of the molecule is CC.Cc1csc2ncnc(N3CCc4ncc(C(F)(F)F)cc4C3)c12.Cc1nc(N2CCc3ncc(C(F)(F)F)cc3C2)c2c(C)c(C)sc2n1. The molecule has 2 aliphatic rings. The van der Waals surface area contributed by atoms with Crippen molar-refractivity contribution < 1.29 is 26.3 Å². The summed E-state index contributed by atoms with van der Waals surface area (Å²) in [7, 11) is 0. The lowest BCUT2D eigenvalue weighted by Crippen LogP contribution is -2.32. The average Bonchev–Trinajstić information content (AvgIpc) is 3.64. The summed E-state index contributed by atoms with van der Waals surface area (Å²) in [4.78, 5) is 32.9. The van der Waals surface area contributed by atoms with Crippen LogP contribution < -0.4 is 9.80 Å². The maximum atomic E-state index is 13.0. The van der Waals surface area contributed by atoms with E-state index < -0.39 is 23.5 Å². The van der Waals surface area contributed by atoms with E-state index in [4.69, 9.17) is 0 Å². The van der Waals surface area contributed by atoms with Crippen molar-refractivity contribution in [1.29, 1.82) is 0 Å². The second-order valence-electron chi connectivity index (χ2n) is 12.4. The number of pyridine rings is 2. The zero-order valence-electron chi connectivity index (χ0n) is 29.4. The second-order valence-corrected chi connectivity index (χ2v) is 14.4. The van der Waals surface area contributed by atoms with Crippen molar-refractivity contribution in [3.8, 4) is 0 Å². The van der Waals surface area contributed by atoms with Crippen molar-refractivity contribution in [2.24, 2.45) is 0 Å². The number of aromatic nitrogens is 6. The van der Waals surface area contributed by atoms with Crippen LogP contribution in [0.1, 0.15) is 69.3 Å². The summed E-state index contributed by atoms with van der Waals surface area (Å²) in [6.45, 7) is 14.0. The molecule has 0 saturated carbocycles. The minimum atomic E-state index is -4.38. The number of hydrogen-bond acceptors (Lipinski definition) is 10. The van der Waals surface area contributed by atoms with Crippen LogP contribution in [0.4, 0.5) is 38.0 Å². The molecule has 0 radical (unpaired) electrons. The van der Waals surface area contributed by atoms with E-state index in [0.29, 0.717) is 56.0 Å². The summed E-state index contributed by atoms with van der Waals surface area (Å²) in [6, 6.07) is 2.42. The van der Waals surface area contributed by atoms with E-state index in [0.717, 1.165) is 67.0 Å². The minimum absolute atomic E-state index is 0.367. The number of fused-ring (bicyclic) bond motifs is 4. The standard InChI is InChI=1S/C18H17F3N4S.C16H13F3N4S.C2H6/c1-9-10(2)26-17-15(9)16(23-11(3)24-17)25-5-4-14-12(8-25)6-13(7-22-14)18(19,20)21;1-9-7-24-15-13(9)14(21-8-22-15)23-3-2-12-10(6-23)4-11(5-20-12)16(17,18)19;1-2/h6-7H,4-5,8H2,1-3H3;4-5,7-8H,2-3,6H2,1H3;1-2H3. The molecule has 0 aliphatic carbocycles. The van der Waals surface area contributed by atoms with Crippen LogP contribution in [0.25, 0.3) is 20.4 Å². The molecule has 0 bridgehead atoms. The smallest absolute Gasteiger partial charge is 0.351 e. The molecule has 0 atom stereocenters. The van der Waals surface area contributed by atoms with Crippen molar-refractivity contribution in [3.05, 3.63) is 91.7 Å². The molecule has 0 aromatic carbocycles. The fourth-order valence-corrected chi connectivity index (χ4v) is 8.28. The van der Waals surface area contributed by atoms with Gasteiger partial charge < -0.3 is 9.80 Å². The number of hydrogen-bond donors (Lipinski definition) is 0. The third-order valence-corrected chi connectivity index (χ3v) is 11.1. The van der Waals surface area contributed by atoms with Crippen LogP contribution in [-0.2, 0) is 38.3 Å². The number of thiophene rings is 2. The molecule has 0 amide bonds. The van der Waals surface area contributed by atoms with E-state index in [1.807, 2.05) is 56.7 Å². The molecule has 52 heavy (non-hydrogen) atoms. The van der Waals surface area contributed by atoms with Gasteiger partial charge >= 0.3 is 12.4 Å². The lowest BCUT2D eigenvalue weighted by Gasteiger charge is -2.30. The molecular formula is C36H36F6N8S2. The highest BCUT2D eigenvalue weighted by atomic mass is 32.1. The van der Waals surface area contributed by atoms with E-state index >= 15 is 0 Å². The Bertz CT molecular complexity index is 2240. The molecule has 8 heterocycles. The fourth-order valence-electron chi connectivity index (χ4n) is 6.32. The van der Waals surface area contributed by atoms with E-state index in [9.17, 15) is 26.3 Å². The van der Waals surface area contributed by atoms with Crippen LogP contribution in [0.15, 0.2) is 36.2 Å². The molecular weight excluding hydrogens is 723 g/mol. The van der Waals surface area contributed by atoms with Crippen molar-refractivity contribution in [2.75, 3.05) is 22.9 Å². The van der Waals surface area contributed by atoms with Crippen molar-refractivity contribution in [1.82, 2.24) is 29.9 Å². The van der Waals surface area contributed by atoms with Crippen LogP contribution in [0.3, 0.4) is 0 Å². The Morgan fingerprint density at radius 2 is 1.23 bits per heavy atom. The summed E-state index contributed by atoms with van der Waals surface area (Å²) in [5.74, 6) is 2.25. The molecule has 16 heteroatoms. The van der Waals surface area contributed by atoms with Gasteiger partial charge in [0.1, 0.15) is 33.4 Å². The number of nitrogens with zero attached hydrogens (tertiary/aromatic N) is 8. The quantitative estimate of drug-likeness (QED) is 0.162. The lowest BCUT2D eigenvalue weighted by molar-refractivity contribution is -0.138. The normalized spacial score (nSPS) is 14.4. The van der Waals surface area contributed by atoms with E-state index in [2.05, 4.69) is 29.9 Å². The summed E-state index contributed by atoms with van der Waals surface area (Å²) in [6.07, 6.45) is -4.22. The zero-order chi connectivity index (χ0) is 37.5. The fraction of sp³-hybridized carbons (Fsp3) is 0.389. The minimum Gasteiger partial charge on any atom is -0.351 e. The Labute approximate surface area is 304 Å². The maximum absolute atomic E-state index is 13.0. The highest BCUT2D eigenvalue weighted by Crippen LogP contribution is 2.38. The molecule has 8 rings (SSSR count). The third kappa shape index (κ3) is 7.40. The summed E-state index contributed by atoms with van der Waals surface area (Å²) >= 11 is 3.17. The molecule has 2 aliphatic heterocycles. The largest absolute Gasteiger partial charge is 0.417 e. The number of rotatable bonds is 2. The molecule has 6 aromatic rings. The van der Waals surface area contributed by atoms with Crippen molar-refractivity contribution in [2.45, 2.75) is 79.8 Å². The topological polar surface area (TPSA) is 83.8 Å². The highest BCUT2D eigenvalue weighted by molar-refractivity contribution is 7.18. The number of aryl methyl sites for hydroxylation is 4. The molecule has 0 saturated heterocycles. The van der Waals surface area contributed by atoms with Gasteiger partial charge in [-0.1, -0.05) is 13.8 Å². The monoisotopic (exact) mass is 758 g/mol. The zero-order valence-corrected chi connectivity index (χ0v) is 31.0. The molecule has 0 N–H and O–H groups in total. The van der Waals surface area contributed by atoms with Crippen LogP contribution in [0, 0.1) is 27.7 Å². The molecule has 0 unspecified atom stereocenters. The molecule has 6 aromatic heterocycles. The third-order valence-electron chi connectivity index (χ3n) is 8.99. The molecule has 0 spiro atoms. The second kappa shape index (κ2) is 14.5. The van der Waals surface area contributed by atoms with Gasteiger partial charge in [-0.3, -0.25) is 9.97 Å². The highest BCUT2D eigenvalue weighted by Gasteiger charge is 2.34. The van der Waals surface area contributed by atoms with Gasteiger partial charge in [0.2, 0.25) is 0 Å². The Kier molecular flexibility index (Phi) is 10.4. The first-order valence-corrected chi connectivity index (χ1v) is 18.4. The van der Waals surface area contributed by atoms with E-state index in [1.54, 1.807) is 22.7 Å². The first-order valence-electron chi connectivity index (χ1n) is 16.7. The predicted octanol–water partition coefficient (Wildman–Crippen LogP) is 9.60. The first kappa shape index (κ1) is 37.3. The molecule has 0 fully saturated rings. The molecule has 8 nitrogen and oxygen atoms in total. The Morgan fingerprint density at radius 1 is 0.673 bits per heavy atom. The van der Waals surface area contributed by atoms with Gasteiger partial charge in [-0.05, 0) is 67.5 Å².